The van der Waals surface area contributed by atoms with E-state index in [9.17, 15) is 17.2 Å². The molecule has 2 aromatic carbocycles. The summed E-state index contributed by atoms with van der Waals surface area (Å²) >= 11 is 0.817. The van der Waals surface area contributed by atoms with Crippen molar-refractivity contribution in [1.82, 2.24) is 0 Å². The van der Waals surface area contributed by atoms with E-state index in [1.807, 2.05) is 30.3 Å². The molecular weight excluding hydrogens is 433 g/mol. The van der Waals surface area contributed by atoms with Crippen LogP contribution < -0.4 is 10.5 Å². The fourth-order valence-electron chi connectivity index (χ4n) is 3.68. The number of sulfonamides is 1. The molecule has 3 N–H and O–H groups in total. The Labute approximate surface area is 179 Å². The Hall–Kier alpha value is -1.71. The minimum atomic E-state index is -4.68. The standard InChI is InChI=1S/C21H25F3N2O2S2/c22-16-17(23)21(30(25,27)28)19(26-15-10-6-1-2-7-11-15)18(24)20(16)29-13-12-14-8-4-3-5-9-14/h3-5,8-9,15,26H,1-2,6-7,10-13H2,(H2,25,27,28). The van der Waals surface area contributed by atoms with Crippen LogP contribution in [-0.4, -0.2) is 20.2 Å². The number of halogens is 3. The first-order chi connectivity index (χ1) is 14.3. The van der Waals surface area contributed by atoms with Crippen molar-refractivity contribution in [2.75, 3.05) is 11.1 Å². The monoisotopic (exact) mass is 458 g/mol. The molecule has 0 atom stereocenters. The Morgan fingerprint density at radius 3 is 2.20 bits per heavy atom. The molecule has 30 heavy (non-hydrogen) atoms. The number of primary sulfonamides is 1. The molecule has 0 spiro atoms. The summed E-state index contributed by atoms with van der Waals surface area (Å²) in [5.41, 5.74) is 0.412. The van der Waals surface area contributed by atoms with Crippen LogP contribution in [0.15, 0.2) is 40.1 Å². The third-order valence-electron chi connectivity index (χ3n) is 5.21. The van der Waals surface area contributed by atoms with Crippen LogP contribution >= 0.6 is 11.8 Å². The summed E-state index contributed by atoms with van der Waals surface area (Å²) in [6.45, 7) is 0. The summed E-state index contributed by atoms with van der Waals surface area (Å²) in [6, 6.07) is 9.12. The molecule has 1 aliphatic carbocycles. The lowest BCUT2D eigenvalue weighted by Crippen LogP contribution is -2.25. The van der Waals surface area contributed by atoms with Crippen molar-refractivity contribution < 1.29 is 21.6 Å². The molecule has 3 rings (SSSR count). The summed E-state index contributed by atoms with van der Waals surface area (Å²) in [4.78, 5) is -1.68. The normalized spacial score (nSPS) is 15.7. The predicted octanol–water partition coefficient (Wildman–Crippen LogP) is 5.22. The highest BCUT2D eigenvalue weighted by molar-refractivity contribution is 7.99. The number of benzene rings is 2. The predicted molar refractivity (Wildman–Crippen MR) is 114 cm³/mol. The van der Waals surface area contributed by atoms with Crippen molar-refractivity contribution in [3.8, 4) is 0 Å². The fourth-order valence-corrected chi connectivity index (χ4v) is 5.44. The summed E-state index contributed by atoms with van der Waals surface area (Å²) in [5.74, 6) is -3.98. The molecule has 0 heterocycles. The van der Waals surface area contributed by atoms with Gasteiger partial charge in [-0.1, -0.05) is 56.0 Å². The van der Waals surface area contributed by atoms with Gasteiger partial charge in [0.1, 0.15) is 4.90 Å². The van der Waals surface area contributed by atoms with E-state index in [-0.39, 0.29) is 6.04 Å². The van der Waals surface area contributed by atoms with Gasteiger partial charge in [0.05, 0.1) is 10.6 Å². The van der Waals surface area contributed by atoms with Crippen LogP contribution in [0.5, 0.6) is 0 Å². The van der Waals surface area contributed by atoms with Gasteiger partial charge in [-0.15, -0.1) is 11.8 Å². The highest BCUT2D eigenvalue weighted by Gasteiger charge is 2.32. The highest BCUT2D eigenvalue weighted by Crippen LogP contribution is 2.38. The van der Waals surface area contributed by atoms with Gasteiger partial charge in [-0.2, -0.15) is 0 Å². The third kappa shape index (κ3) is 5.50. The minimum Gasteiger partial charge on any atom is -0.379 e. The second kappa shape index (κ2) is 10.1. The number of rotatable bonds is 7. The molecule has 0 saturated heterocycles. The van der Waals surface area contributed by atoms with Gasteiger partial charge in [-0.3, -0.25) is 0 Å². The van der Waals surface area contributed by atoms with Crippen LogP contribution in [0.2, 0.25) is 0 Å². The van der Waals surface area contributed by atoms with Crippen molar-refractivity contribution in [1.29, 1.82) is 0 Å². The number of nitrogens with one attached hydrogen (secondary N) is 1. The first-order valence-electron chi connectivity index (χ1n) is 9.95. The number of hydrogen-bond donors (Lipinski definition) is 2. The lowest BCUT2D eigenvalue weighted by Gasteiger charge is -2.22. The van der Waals surface area contributed by atoms with Crippen molar-refractivity contribution in [3.05, 3.63) is 53.3 Å². The second-order valence-corrected chi connectivity index (χ2v) is 10.0. The molecule has 0 aromatic heterocycles. The van der Waals surface area contributed by atoms with Crippen LogP contribution in [0.3, 0.4) is 0 Å². The lowest BCUT2D eigenvalue weighted by atomic mass is 10.1. The zero-order chi connectivity index (χ0) is 21.7. The number of thioether (sulfide) groups is 1. The molecule has 1 fully saturated rings. The molecule has 0 amide bonds. The Kier molecular flexibility index (Phi) is 7.70. The molecule has 0 aliphatic heterocycles. The Bertz CT molecular complexity index is 978. The maximum Gasteiger partial charge on any atom is 0.243 e. The molecule has 4 nitrogen and oxygen atoms in total. The van der Waals surface area contributed by atoms with E-state index >= 15 is 4.39 Å². The lowest BCUT2D eigenvalue weighted by molar-refractivity contribution is 0.446. The van der Waals surface area contributed by atoms with Gasteiger partial charge < -0.3 is 5.32 Å². The van der Waals surface area contributed by atoms with Crippen molar-refractivity contribution in [2.45, 2.75) is 60.8 Å². The summed E-state index contributed by atoms with van der Waals surface area (Å²) in [5, 5.41) is 7.94. The number of anilines is 1. The van der Waals surface area contributed by atoms with Gasteiger partial charge in [-0.05, 0) is 24.8 Å². The summed E-state index contributed by atoms with van der Waals surface area (Å²) < 4.78 is 68.5. The number of hydrogen-bond acceptors (Lipinski definition) is 4. The highest BCUT2D eigenvalue weighted by atomic mass is 32.2. The summed E-state index contributed by atoms with van der Waals surface area (Å²) in [6.07, 6.45) is 5.76. The van der Waals surface area contributed by atoms with Gasteiger partial charge in [0.25, 0.3) is 0 Å². The van der Waals surface area contributed by atoms with Crippen LogP contribution in [0, 0.1) is 17.5 Å². The van der Waals surface area contributed by atoms with Crippen molar-refractivity contribution >= 4 is 27.5 Å². The largest absolute Gasteiger partial charge is 0.379 e. The zero-order valence-electron chi connectivity index (χ0n) is 16.5. The average molecular weight is 459 g/mol. The van der Waals surface area contributed by atoms with E-state index in [1.54, 1.807) is 0 Å². The van der Waals surface area contributed by atoms with Crippen LogP contribution in [0.4, 0.5) is 18.9 Å². The van der Waals surface area contributed by atoms with Crippen molar-refractivity contribution in [3.63, 3.8) is 0 Å². The van der Waals surface area contributed by atoms with E-state index in [0.717, 1.165) is 43.0 Å². The molecule has 1 aliphatic rings. The second-order valence-electron chi connectivity index (χ2n) is 7.44. The number of aryl methyl sites for hydroxylation is 1. The average Bonchev–Trinajstić information content (AvgIpc) is 2.97. The quantitative estimate of drug-likeness (QED) is 0.339. The SMILES string of the molecule is NS(=O)(=O)c1c(F)c(F)c(SCCc2ccccc2)c(F)c1NC1CCCCCC1. The van der Waals surface area contributed by atoms with Crippen LogP contribution in [0.1, 0.15) is 44.1 Å². The zero-order valence-corrected chi connectivity index (χ0v) is 18.1. The molecule has 9 heteroatoms. The number of nitrogens with two attached hydrogens (primary N) is 1. The molecular formula is C21H25F3N2O2S2. The molecule has 2 aromatic rings. The van der Waals surface area contributed by atoms with E-state index in [0.29, 0.717) is 25.0 Å². The Morgan fingerprint density at radius 1 is 0.967 bits per heavy atom. The van der Waals surface area contributed by atoms with E-state index in [4.69, 9.17) is 5.14 Å². The molecule has 164 valence electrons. The van der Waals surface area contributed by atoms with Gasteiger partial charge in [0, 0.05) is 11.8 Å². The van der Waals surface area contributed by atoms with E-state index < -0.39 is 43.0 Å². The Balaban J connectivity index is 1.93. The molecule has 0 radical (unpaired) electrons. The molecule has 0 unspecified atom stereocenters. The van der Waals surface area contributed by atoms with Crippen molar-refractivity contribution in [2.24, 2.45) is 5.14 Å². The van der Waals surface area contributed by atoms with Gasteiger partial charge >= 0.3 is 0 Å². The Morgan fingerprint density at radius 2 is 1.60 bits per heavy atom. The first-order valence-corrected chi connectivity index (χ1v) is 12.5. The maximum atomic E-state index is 15.3. The third-order valence-corrected chi connectivity index (χ3v) is 7.21. The topological polar surface area (TPSA) is 72.2 Å². The van der Waals surface area contributed by atoms with Crippen LogP contribution in [-0.2, 0) is 16.4 Å². The maximum absolute atomic E-state index is 15.3. The minimum absolute atomic E-state index is 0.227. The smallest absolute Gasteiger partial charge is 0.243 e. The first kappa shape index (κ1) is 23.0. The van der Waals surface area contributed by atoms with E-state index in [2.05, 4.69) is 5.32 Å². The van der Waals surface area contributed by atoms with E-state index in [1.165, 1.54) is 0 Å². The van der Waals surface area contributed by atoms with Gasteiger partial charge in [0.15, 0.2) is 17.5 Å². The molecule has 1 saturated carbocycles. The summed E-state index contributed by atoms with van der Waals surface area (Å²) in [7, 11) is -4.68. The van der Waals surface area contributed by atoms with Crippen LogP contribution in [0.25, 0.3) is 0 Å². The van der Waals surface area contributed by atoms with Gasteiger partial charge in [0.2, 0.25) is 10.0 Å². The fraction of sp³-hybridized carbons (Fsp3) is 0.429. The van der Waals surface area contributed by atoms with Gasteiger partial charge in [-0.25, -0.2) is 26.7 Å². The molecule has 0 bridgehead atoms.